The molecule has 0 saturated heterocycles. The van der Waals surface area contributed by atoms with Gasteiger partial charge in [-0.25, -0.2) is 0 Å². The van der Waals surface area contributed by atoms with E-state index >= 15 is 0 Å². The third-order valence-electron chi connectivity index (χ3n) is 2.38. The Morgan fingerprint density at radius 3 is 2.40 bits per heavy atom. The molecule has 6 heteroatoms. The summed E-state index contributed by atoms with van der Waals surface area (Å²) in [6.07, 6.45) is -2.68. The number of rotatable bonds is 4. The standard InChI is InChI=1S/C9H15F3N2O/c1-2-7(13)8(15)14(6-3-4-6)5-9(10,11)12/h6-7H,2-5,13H2,1H3/t7-/m1/s1. The van der Waals surface area contributed by atoms with E-state index in [2.05, 4.69) is 0 Å². The van der Waals surface area contributed by atoms with Crippen molar-refractivity contribution in [1.29, 1.82) is 0 Å². The summed E-state index contributed by atoms with van der Waals surface area (Å²) in [5.74, 6) is -0.586. The highest BCUT2D eigenvalue weighted by Gasteiger charge is 2.41. The van der Waals surface area contributed by atoms with Crippen LogP contribution in [0.25, 0.3) is 0 Å². The van der Waals surface area contributed by atoms with Crippen molar-refractivity contribution in [3.63, 3.8) is 0 Å². The molecule has 2 N–H and O–H groups in total. The molecule has 0 aliphatic heterocycles. The van der Waals surface area contributed by atoms with Crippen molar-refractivity contribution in [1.82, 2.24) is 4.90 Å². The lowest BCUT2D eigenvalue weighted by Crippen LogP contribution is -2.48. The molecule has 0 spiro atoms. The van der Waals surface area contributed by atoms with E-state index in [-0.39, 0.29) is 6.04 Å². The van der Waals surface area contributed by atoms with Crippen molar-refractivity contribution in [2.24, 2.45) is 5.73 Å². The van der Waals surface area contributed by atoms with Gasteiger partial charge in [-0.05, 0) is 19.3 Å². The van der Waals surface area contributed by atoms with Crippen LogP contribution in [0.3, 0.4) is 0 Å². The summed E-state index contributed by atoms with van der Waals surface area (Å²) in [5, 5.41) is 0. The number of carbonyl (C=O) groups excluding carboxylic acids is 1. The van der Waals surface area contributed by atoms with Gasteiger partial charge in [-0.1, -0.05) is 6.92 Å². The van der Waals surface area contributed by atoms with Gasteiger partial charge in [0.2, 0.25) is 5.91 Å². The van der Waals surface area contributed by atoms with Crippen molar-refractivity contribution < 1.29 is 18.0 Å². The van der Waals surface area contributed by atoms with Gasteiger partial charge in [-0.3, -0.25) is 4.79 Å². The van der Waals surface area contributed by atoms with Crippen LogP contribution in [0.2, 0.25) is 0 Å². The minimum Gasteiger partial charge on any atom is -0.329 e. The summed E-state index contributed by atoms with van der Waals surface area (Å²) >= 11 is 0. The van der Waals surface area contributed by atoms with Crippen LogP contribution in [0.15, 0.2) is 0 Å². The first-order chi connectivity index (χ1) is 6.85. The summed E-state index contributed by atoms with van der Waals surface area (Å²) in [5.41, 5.74) is 5.44. The van der Waals surface area contributed by atoms with E-state index < -0.39 is 24.7 Å². The van der Waals surface area contributed by atoms with Crippen LogP contribution in [-0.2, 0) is 4.79 Å². The molecule has 0 radical (unpaired) electrons. The van der Waals surface area contributed by atoms with E-state index in [1.54, 1.807) is 6.92 Å². The number of amides is 1. The first kappa shape index (κ1) is 12.3. The molecule has 0 heterocycles. The fourth-order valence-corrected chi connectivity index (χ4v) is 1.35. The van der Waals surface area contributed by atoms with E-state index in [0.29, 0.717) is 19.3 Å². The van der Waals surface area contributed by atoms with Gasteiger partial charge in [0.25, 0.3) is 0 Å². The van der Waals surface area contributed by atoms with Crippen molar-refractivity contribution in [2.45, 2.75) is 44.4 Å². The van der Waals surface area contributed by atoms with Gasteiger partial charge in [0.05, 0.1) is 6.04 Å². The van der Waals surface area contributed by atoms with Crippen LogP contribution in [0, 0.1) is 0 Å². The largest absolute Gasteiger partial charge is 0.406 e. The average molecular weight is 224 g/mol. The maximum absolute atomic E-state index is 12.2. The van der Waals surface area contributed by atoms with Gasteiger partial charge in [-0.2, -0.15) is 13.2 Å². The molecule has 15 heavy (non-hydrogen) atoms. The van der Waals surface area contributed by atoms with Crippen LogP contribution in [0.5, 0.6) is 0 Å². The third kappa shape index (κ3) is 3.70. The molecule has 0 unspecified atom stereocenters. The zero-order valence-electron chi connectivity index (χ0n) is 8.55. The van der Waals surface area contributed by atoms with E-state index in [4.69, 9.17) is 5.73 Å². The van der Waals surface area contributed by atoms with Crippen molar-refractivity contribution in [3.8, 4) is 0 Å². The first-order valence-electron chi connectivity index (χ1n) is 4.98. The lowest BCUT2D eigenvalue weighted by molar-refractivity contribution is -0.163. The smallest absolute Gasteiger partial charge is 0.329 e. The van der Waals surface area contributed by atoms with Crippen LogP contribution < -0.4 is 5.73 Å². The Kier molecular flexibility index (Phi) is 3.59. The van der Waals surface area contributed by atoms with Gasteiger partial charge in [0.1, 0.15) is 6.54 Å². The predicted octanol–water partition coefficient (Wildman–Crippen LogP) is 1.28. The van der Waals surface area contributed by atoms with Crippen LogP contribution in [0.4, 0.5) is 13.2 Å². The molecular formula is C9H15F3N2O. The number of nitrogens with zero attached hydrogens (tertiary/aromatic N) is 1. The highest BCUT2D eigenvalue weighted by molar-refractivity contribution is 5.82. The monoisotopic (exact) mass is 224 g/mol. The predicted molar refractivity (Wildman–Crippen MR) is 49.1 cm³/mol. The Labute approximate surface area is 86.4 Å². The summed E-state index contributed by atoms with van der Waals surface area (Å²) in [6, 6.07) is -1.07. The van der Waals surface area contributed by atoms with Crippen LogP contribution in [-0.4, -0.2) is 35.6 Å². The number of carbonyl (C=O) groups is 1. The molecule has 1 aliphatic carbocycles. The highest BCUT2D eigenvalue weighted by Crippen LogP contribution is 2.30. The average Bonchev–Trinajstić information content (AvgIpc) is 2.93. The van der Waals surface area contributed by atoms with E-state index in [9.17, 15) is 18.0 Å². The second kappa shape index (κ2) is 4.38. The van der Waals surface area contributed by atoms with E-state index in [0.717, 1.165) is 4.90 Å². The summed E-state index contributed by atoms with van der Waals surface area (Å²) in [4.78, 5) is 12.4. The number of alkyl halides is 3. The molecule has 88 valence electrons. The fourth-order valence-electron chi connectivity index (χ4n) is 1.35. The molecule has 1 rings (SSSR count). The topological polar surface area (TPSA) is 46.3 Å². The molecule has 0 aromatic heterocycles. The molecule has 3 nitrogen and oxygen atoms in total. The molecular weight excluding hydrogens is 209 g/mol. The molecule has 1 fully saturated rings. The second-order valence-electron chi connectivity index (χ2n) is 3.83. The minimum absolute atomic E-state index is 0.253. The Bertz CT molecular complexity index is 238. The van der Waals surface area contributed by atoms with Crippen LogP contribution >= 0.6 is 0 Å². The fraction of sp³-hybridized carbons (Fsp3) is 0.889. The lowest BCUT2D eigenvalue weighted by atomic mass is 10.2. The molecule has 1 saturated carbocycles. The Morgan fingerprint density at radius 1 is 1.53 bits per heavy atom. The van der Waals surface area contributed by atoms with E-state index in [1.807, 2.05) is 0 Å². The second-order valence-corrected chi connectivity index (χ2v) is 3.83. The summed E-state index contributed by atoms with van der Waals surface area (Å²) in [6.45, 7) is 0.505. The van der Waals surface area contributed by atoms with Crippen LogP contribution in [0.1, 0.15) is 26.2 Å². The molecule has 0 aromatic rings. The molecule has 1 atom stereocenters. The quantitative estimate of drug-likeness (QED) is 0.781. The molecule has 0 bridgehead atoms. The normalized spacial score (nSPS) is 18.7. The summed E-state index contributed by atoms with van der Waals surface area (Å²) in [7, 11) is 0. The third-order valence-corrected chi connectivity index (χ3v) is 2.38. The Morgan fingerprint density at radius 2 is 2.07 bits per heavy atom. The number of halogens is 3. The number of hydrogen-bond acceptors (Lipinski definition) is 2. The molecule has 1 aliphatic rings. The van der Waals surface area contributed by atoms with E-state index in [1.165, 1.54) is 0 Å². The van der Waals surface area contributed by atoms with Gasteiger partial charge in [0, 0.05) is 6.04 Å². The SMILES string of the molecule is CC[C@@H](N)C(=O)N(CC(F)(F)F)C1CC1. The Balaban J connectivity index is 2.61. The van der Waals surface area contributed by atoms with Gasteiger partial charge in [-0.15, -0.1) is 0 Å². The first-order valence-corrected chi connectivity index (χ1v) is 4.98. The van der Waals surface area contributed by atoms with Crippen molar-refractivity contribution in [3.05, 3.63) is 0 Å². The molecule has 1 amide bonds. The maximum atomic E-state index is 12.2. The van der Waals surface area contributed by atoms with Gasteiger partial charge < -0.3 is 10.6 Å². The lowest BCUT2D eigenvalue weighted by Gasteiger charge is -2.26. The Hall–Kier alpha value is -0.780. The number of nitrogens with two attached hydrogens (primary N) is 1. The van der Waals surface area contributed by atoms with Gasteiger partial charge >= 0.3 is 6.18 Å². The van der Waals surface area contributed by atoms with Crippen molar-refractivity contribution >= 4 is 5.91 Å². The zero-order chi connectivity index (χ0) is 11.6. The number of hydrogen-bond donors (Lipinski definition) is 1. The minimum atomic E-state index is -4.34. The summed E-state index contributed by atoms with van der Waals surface area (Å²) < 4.78 is 36.6. The molecule has 0 aromatic carbocycles. The maximum Gasteiger partial charge on any atom is 0.406 e. The van der Waals surface area contributed by atoms with Gasteiger partial charge in [0.15, 0.2) is 0 Å². The zero-order valence-corrected chi connectivity index (χ0v) is 8.55. The highest BCUT2D eigenvalue weighted by atomic mass is 19.4. The van der Waals surface area contributed by atoms with Crippen molar-refractivity contribution in [2.75, 3.05) is 6.54 Å².